The predicted molar refractivity (Wildman–Crippen MR) is 177 cm³/mol. The number of alkyl carbamates (subject to hydrolysis) is 1. The van der Waals surface area contributed by atoms with Gasteiger partial charge in [0.25, 0.3) is 0 Å². The largest absolute Gasteiger partial charge is 0.479 e. The highest BCUT2D eigenvalue weighted by Crippen LogP contribution is 2.45. The molecule has 0 aromatic rings. The highest BCUT2D eigenvalue weighted by molar-refractivity contribution is 5.95. The van der Waals surface area contributed by atoms with Crippen molar-refractivity contribution in [3.63, 3.8) is 0 Å². The minimum atomic E-state index is -1.35. The van der Waals surface area contributed by atoms with E-state index in [2.05, 4.69) is 36.3 Å². The first-order chi connectivity index (χ1) is 21.7. The number of likely N-dealkylation sites (tertiary alicyclic amines) is 1. The lowest BCUT2D eigenvalue weighted by Crippen LogP contribution is -2.54. The third-order valence-electron chi connectivity index (χ3n) is 9.20. The van der Waals surface area contributed by atoms with Crippen LogP contribution in [0, 0.1) is 11.3 Å². The summed E-state index contributed by atoms with van der Waals surface area (Å²) >= 11 is 0. The molecule has 1 aliphatic heterocycles. The molecule has 0 aromatic heterocycles. The van der Waals surface area contributed by atoms with Gasteiger partial charge in [-0.05, 0) is 66.0 Å². The van der Waals surface area contributed by atoms with E-state index in [0.717, 1.165) is 45.1 Å². The van der Waals surface area contributed by atoms with Gasteiger partial charge in [0, 0.05) is 30.5 Å². The molecule has 3 N–H and O–H groups in total. The molecule has 0 bridgehead atoms. The lowest BCUT2D eigenvalue weighted by Gasteiger charge is -2.34. The zero-order chi connectivity index (χ0) is 34.5. The number of hydrogen-bond acceptors (Lipinski definition) is 7. The van der Waals surface area contributed by atoms with Crippen molar-refractivity contribution >= 4 is 30.3 Å². The summed E-state index contributed by atoms with van der Waals surface area (Å²) in [4.78, 5) is 68.3. The number of carbonyl (C=O) groups excluding carboxylic acids is 4. The van der Waals surface area contributed by atoms with E-state index in [1.807, 2.05) is 40.0 Å². The molecule has 12 nitrogen and oxygen atoms in total. The Kier molecular flexibility index (Phi) is 15.5. The van der Waals surface area contributed by atoms with Gasteiger partial charge in [-0.1, -0.05) is 59.1 Å². The van der Waals surface area contributed by atoms with Gasteiger partial charge in [0.2, 0.25) is 18.2 Å². The van der Waals surface area contributed by atoms with Crippen LogP contribution >= 0.6 is 0 Å². The Morgan fingerprint density at radius 3 is 2.43 bits per heavy atom. The molecule has 1 heterocycles. The summed E-state index contributed by atoms with van der Waals surface area (Å²) in [5.41, 5.74) is -1.82. The van der Waals surface area contributed by atoms with Crippen molar-refractivity contribution in [1.29, 1.82) is 0 Å². The third kappa shape index (κ3) is 11.9. The summed E-state index contributed by atoms with van der Waals surface area (Å²) in [6.07, 6.45) is 10.7. The molecule has 46 heavy (non-hydrogen) atoms. The van der Waals surface area contributed by atoms with Crippen molar-refractivity contribution in [3.05, 3.63) is 12.2 Å². The number of carbonyl (C=O) groups is 5. The number of unbranched alkanes of at least 4 members (excludes halogenated alkanes) is 4. The molecular formula is C34H59N5O7. The van der Waals surface area contributed by atoms with E-state index in [-0.39, 0.29) is 19.0 Å². The van der Waals surface area contributed by atoms with E-state index in [0.29, 0.717) is 38.4 Å². The van der Waals surface area contributed by atoms with Crippen LogP contribution in [0.3, 0.4) is 0 Å². The van der Waals surface area contributed by atoms with Crippen LogP contribution in [0.1, 0.15) is 99.3 Å². The van der Waals surface area contributed by atoms with Gasteiger partial charge < -0.3 is 35.2 Å². The van der Waals surface area contributed by atoms with E-state index < -0.39 is 47.0 Å². The predicted octanol–water partition coefficient (Wildman–Crippen LogP) is 3.79. The summed E-state index contributed by atoms with van der Waals surface area (Å²) in [5, 5.41) is 15.2. The summed E-state index contributed by atoms with van der Waals surface area (Å²) < 4.78 is 5.69. The second-order valence-electron chi connectivity index (χ2n) is 14.2. The Balaban J connectivity index is 1.90. The molecule has 0 aromatic carbocycles. The molecule has 2 aliphatic rings. The number of amides is 4. The second kappa shape index (κ2) is 18.3. The summed E-state index contributed by atoms with van der Waals surface area (Å²) in [6, 6.07) is -0.407. The fourth-order valence-electron chi connectivity index (χ4n) is 5.64. The topological polar surface area (TPSA) is 149 Å². The maximum absolute atomic E-state index is 13.2. The fraction of sp³-hybridized carbons (Fsp3) is 0.794. The molecule has 2 fully saturated rings. The maximum atomic E-state index is 13.2. The van der Waals surface area contributed by atoms with Crippen molar-refractivity contribution in [1.82, 2.24) is 25.3 Å². The van der Waals surface area contributed by atoms with Crippen molar-refractivity contribution < 1.29 is 33.8 Å². The number of ether oxygens (including phenoxy) is 1. The van der Waals surface area contributed by atoms with Gasteiger partial charge in [0.05, 0.1) is 6.54 Å². The Morgan fingerprint density at radius 1 is 1.11 bits per heavy atom. The van der Waals surface area contributed by atoms with Gasteiger partial charge in [-0.3, -0.25) is 14.4 Å². The Labute approximate surface area is 275 Å². The van der Waals surface area contributed by atoms with Crippen molar-refractivity contribution in [2.24, 2.45) is 11.3 Å². The second-order valence-corrected chi connectivity index (χ2v) is 14.2. The number of carboxylic acids is 1. The standard InChI is InChI=1S/C34H59N5O7/c1-8-9-10-11-12-13-16-26-21-34(26,31(43)44)36-30(42)27-17-14-20-39(27)29(41)22-35-32(45)46-28(33(4,5)6)23-38(24-40)19-15-18-37(7)25(2)3/h13,16,24-28H,8-12,14-15,17-23H2,1-7H3,(H,35,45)(H,36,42)(H,43,44)/b16-13-/t26?,27-,28?,34+/m0/s1. The normalized spacial score (nSPS) is 21.8. The molecule has 1 saturated carbocycles. The van der Waals surface area contributed by atoms with Crippen LogP contribution in [0.25, 0.3) is 0 Å². The highest BCUT2D eigenvalue weighted by Gasteiger charge is 2.61. The lowest BCUT2D eigenvalue weighted by atomic mass is 9.88. The zero-order valence-corrected chi connectivity index (χ0v) is 29.2. The molecule has 12 heteroatoms. The van der Waals surface area contributed by atoms with Crippen LogP contribution in [-0.4, -0.2) is 114 Å². The van der Waals surface area contributed by atoms with E-state index in [1.54, 1.807) is 4.90 Å². The van der Waals surface area contributed by atoms with E-state index in [9.17, 15) is 29.1 Å². The quantitative estimate of drug-likeness (QED) is 0.103. The Morgan fingerprint density at radius 2 is 1.83 bits per heavy atom. The SMILES string of the molecule is CCCCCC/C=C\C1C[C@]1(NC(=O)[C@@H]1CCCN1C(=O)CNC(=O)OC(CN(C=O)CCCN(C)C(C)C)C(C)(C)C)C(=O)O. The molecule has 0 radical (unpaired) electrons. The van der Waals surface area contributed by atoms with Gasteiger partial charge in [0.1, 0.15) is 24.2 Å². The van der Waals surface area contributed by atoms with Crippen LogP contribution in [0.2, 0.25) is 0 Å². The number of rotatable bonds is 20. The van der Waals surface area contributed by atoms with Crippen LogP contribution < -0.4 is 10.6 Å². The van der Waals surface area contributed by atoms with Crippen LogP contribution in [-0.2, 0) is 23.9 Å². The van der Waals surface area contributed by atoms with Crippen molar-refractivity contribution in [3.8, 4) is 0 Å². The lowest BCUT2D eigenvalue weighted by molar-refractivity contribution is -0.145. The fourth-order valence-corrected chi connectivity index (χ4v) is 5.64. The van der Waals surface area contributed by atoms with Crippen molar-refractivity contribution in [2.75, 3.05) is 39.8 Å². The van der Waals surface area contributed by atoms with E-state index >= 15 is 0 Å². The van der Waals surface area contributed by atoms with Crippen LogP contribution in [0.4, 0.5) is 4.79 Å². The minimum absolute atomic E-state index is 0.217. The molecule has 262 valence electrons. The smallest absolute Gasteiger partial charge is 0.407 e. The van der Waals surface area contributed by atoms with Crippen LogP contribution in [0.5, 0.6) is 0 Å². The number of carboxylic acid groups (broad SMARTS) is 1. The van der Waals surface area contributed by atoms with Gasteiger partial charge in [-0.25, -0.2) is 9.59 Å². The molecule has 1 saturated heterocycles. The number of aliphatic carboxylic acids is 1. The monoisotopic (exact) mass is 649 g/mol. The molecule has 2 rings (SSSR count). The Hall–Kier alpha value is -3.15. The highest BCUT2D eigenvalue weighted by atomic mass is 16.6. The first-order valence-electron chi connectivity index (χ1n) is 17.0. The number of hydrogen-bond donors (Lipinski definition) is 3. The number of allylic oxidation sites excluding steroid dienone is 1. The molecular weight excluding hydrogens is 590 g/mol. The van der Waals surface area contributed by atoms with E-state index in [4.69, 9.17) is 4.74 Å². The van der Waals surface area contributed by atoms with E-state index in [1.165, 1.54) is 11.3 Å². The average Bonchev–Trinajstić information content (AvgIpc) is 3.45. The molecule has 4 atom stereocenters. The molecule has 2 unspecified atom stereocenters. The maximum Gasteiger partial charge on any atom is 0.407 e. The summed E-state index contributed by atoms with van der Waals surface area (Å²) in [5.74, 6) is -2.30. The first kappa shape index (κ1) is 39.0. The number of nitrogens with zero attached hydrogens (tertiary/aromatic N) is 3. The Bertz CT molecular complexity index is 1060. The molecule has 0 spiro atoms. The van der Waals surface area contributed by atoms with Gasteiger partial charge in [0.15, 0.2) is 0 Å². The molecule has 4 amide bonds. The zero-order valence-electron chi connectivity index (χ0n) is 29.2. The molecule has 1 aliphatic carbocycles. The van der Waals surface area contributed by atoms with Gasteiger partial charge >= 0.3 is 12.1 Å². The van der Waals surface area contributed by atoms with Gasteiger partial charge in [-0.2, -0.15) is 0 Å². The summed E-state index contributed by atoms with van der Waals surface area (Å²) in [7, 11) is 2.03. The van der Waals surface area contributed by atoms with Crippen LogP contribution in [0.15, 0.2) is 12.2 Å². The first-order valence-corrected chi connectivity index (χ1v) is 17.0. The van der Waals surface area contributed by atoms with Gasteiger partial charge in [-0.15, -0.1) is 0 Å². The average molecular weight is 650 g/mol. The minimum Gasteiger partial charge on any atom is -0.479 e. The third-order valence-corrected chi connectivity index (χ3v) is 9.20. The summed E-state index contributed by atoms with van der Waals surface area (Å²) in [6.45, 7) is 13.6. The number of nitrogens with one attached hydrogen (secondary N) is 2. The van der Waals surface area contributed by atoms with Crippen molar-refractivity contribution in [2.45, 2.75) is 123 Å².